The smallest absolute Gasteiger partial charge is 0.214 e. The Morgan fingerprint density at radius 3 is 1.78 bits per heavy atom. The van der Waals surface area contributed by atoms with Crippen molar-refractivity contribution in [1.82, 2.24) is 4.31 Å². The molecule has 1 aromatic carbocycles. The maximum Gasteiger partial charge on any atom is 0.214 e. The molecule has 6 heteroatoms. The quantitative estimate of drug-likeness (QED) is 0.216. The summed E-state index contributed by atoms with van der Waals surface area (Å²) >= 11 is 0. The van der Waals surface area contributed by atoms with Crippen molar-refractivity contribution in [3.8, 4) is 0 Å². The van der Waals surface area contributed by atoms with Crippen molar-refractivity contribution in [2.45, 2.75) is 90.5 Å². The lowest BCUT2D eigenvalue weighted by Gasteiger charge is -2.41. The van der Waals surface area contributed by atoms with Gasteiger partial charge in [0.1, 0.15) is 12.4 Å². The molecule has 1 aliphatic rings. The molecule has 0 bridgehead atoms. The lowest BCUT2D eigenvalue weighted by molar-refractivity contribution is -0.925. The minimum absolute atomic E-state index is 0.217. The normalized spacial score (nSPS) is 17.0. The molecule has 0 N–H and O–H groups in total. The molecule has 0 unspecified atom stereocenters. The summed E-state index contributed by atoms with van der Waals surface area (Å²) in [4.78, 5) is 0. The Morgan fingerprint density at radius 1 is 0.812 bits per heavy atom. The third kappa shape index (κ3) is 10.3. The summed E-state index contributed by atoms with van der Waals surface area (Å²) in [6.07, 6.45) is 15.0. The van der Waals surface area contributed by atoms with Gasteiger partial charge >= 0.3 is 0 Å². The van der Waals surface area contributed by atoms with E-state index in [1.54, 1.807) is 4.31 Å². The zero-order valence-corrected chi connectivity index (χ0v) is 21.4. The van der Waals surface area contributed by atoms with Crippen molar-refractivity contribution in [3.05, 3.63) is 35.6 Å². The van der Waals surface area contributed by atoms with E-state index < -0.39 is 10.0 Å². The van der Waals surface area contributed by atoms with Crippen LogP contribution in [0.1, 0.15) is 89.5 Å². The van der Waals surface area contributed by atoms with Crippen LogP contribution in [-0.2, 0) is 16.6 Å². The molecule has 0 saturated carbocycles. The number of likely N-dealkylation sites (N-methyl/N-ethyl adjacent to an activating group) is 1. The summed E-state index contributed by atoms with van der Waals surface area (Å²) in [5.74, 6) is 0.0664. The van der Waals surface area contributed by atoms with Crippen molar-refractivity contribution < 1.29 is 17.3 Å². The monoisotopic (exact) mass is 469 g/mol. The molecule has 0 radical (unpaired) electrons. The SMILES string of the molecule is CCCCCCCCCCCCCCS(=O)(=O)N1CC[N+](C)(Cc2ccc(F)cc2)CC1. The largest absolute Gasteiger partial charge is 0.320 e. The Bertz CT molecular complexity index is 729. The average molecular weight is 470 g/mol. The van der Waals surface area contributed by atoms with E-state index >= 15 is 0 Å². The second kappa shape index (κ2) is 14.3. The van der Waals surface area contributed by atoms with Gasteiger partial charge in [0.05, 0.1) is 39.0 Å². The molecule has 32 heavy (non-hydrogen) atoms. The molecule has 4 nitrogen and oxygen atoms in total. The highest BCUT2D eigenvalue weighted by Crippen LogP contribution is 2.19. The second-order valence-electron chi connectivity index (χ2n) is 9.96. The van der Waals surface area contributed by atoms with Gasteiger partial charge in [-0.2, -0.15) is 4.31 Å². The predicted octanol–water partition coefficient (Wildman–Crippen LogP) is 6.12. The summed E-state index contributed by atoms with van der Waals surface area (Å²) in [5, 5.41) is 0. The van der Waals surface area contributed by atoms with Crippen LogP contribution in [0, 0.1) is 5.82 Å². The predicted molar refractivity (Wildman–Crippen MR) is 132 cm³/mol. The zero-order valence-electron chi connectivity index (χ0n) is 20.5. The zero-order chi connectivity index (χ0) is 23.3. The average Bonchev–Trinajstić information content (AvgIpc) is 2.76. The molecule has 1 saturated heterocycles. The van der Waals surface area contributed by atoms with E-state index in [0.29, 0.717) is 13.1 Å². The maximum atomic E-state index is 13.1. The van der Waals surface area contributed by atoms with E-state index in [1.807, 2.05) is 12.1 Å². The number of halogens is 1. The molecular formula is C26H46FN2O2S+. The Kier molecular flexibility index (Phi) is 12.2. The molecule has 0 atom stereocenters. The minimum Gasteiger partial charge on any atom is -0.320 e. The first-order valence-corrected chi connectivity index (χ1v) is 14.5. The molecule has 2 rings (SSSR count). The Morgan fingerprint density at radius 2 is 1.28 bits per heavy atom. The van der Waals surface area contributed by atoms with E-state index in [2.05, 4.69) is 14.0 Å². The van der Waals surface area contributed by atoms with Gasteiger partial charge in [-0.1, -0.05) is 89.7 Å². The molecule has 1 aliphatic heterocycles. The van der Waals surface area contributed by atoms with Gasteiger partial charge in [0.25, 0.3) is 0 Å². The van der Waals surface area contributed by atoms with Crippen LogP contribution in [0.25, 0.3) is 0 Å². The third-order valence-corrected chi connectivity index (χ3v) is 8.86. The van der Waals surface area contributed by atoms with E-state index in [-0.39, 0.29) is 11.6 Å². The molecule has 0 amide bonds. The third-order valence-electron chi connectivity index (χ3n) is 6.91. The van der Waals surface area contributed by atoms with Crippen molar-refractivity contribution in [3.63, 3.8) is 0 Å². The van der Waals surface area contributed by atoms with Gasteiger partial charge < -0.3 is 4.48 Å². The number of benzene rings is 1. The van der Waals surface area contributed by atoms with Crippen molar-refractivity contribution in [2.24, 2.45) is 0 Å². The number of hydrogen-bond donors (Lipinski definition) is 0. The van der Waals surface area contributed by atoms with Gasteiger partial charge in [0.2, 0.25) is 10.0 Å². The van der Waals surface area contributed by atoms with Gasteiger partial charge in [-0.05, 0) is 18.6 Å². The van der Waals surface area contributed by atoms with Crippen LogP contribution in [0.4, 0.5) is 4.39 Å². The fraction of sp³-hybridized carbons (Fsp3) is 0.769. The Hall–Kier alpha value is -0.980. The van der Waals surface area contributed by atoms with Gasteiger partial charge in [-0.3, -0.25) is 0 Å². The second-order valence-corrected chi connectivity index (χ2v) is 12.0. The summed E-state index contributed by atoms with van der Waals surface area (Å²) in [5.41, 5.74) is 1.10. The number of piperazine rings is 1. The van der Waals surface area contributed by atoms with Crippen LogP contribution in [0.5, 0.6) is 0 Å². The fourth-order valence-corrected chi connectivity index (χ4v) is 6.20. The first-order valence-electron chi connectivity index (χ1n) is 12.9. The number of quaternary nitrogens is 1. The number of unbranched alkanes of at least 4 members (excludes halogenated alkanes) is 11. The molecular weight excluding hydrogens is 423 g/mol. The van der Waals surface area contributed by atoms with Crippen LogP contribution >= 0.6 is 0 Å². The number of rotatable bonds is 16. The van der Waals surface area contributed by atoms with Crippen LogP contribution in [0.3, 0.4) is 0 Å². The summed E-state index contributed by atoms with van der Waals surface area (Å²) < 4.78 is 41.1. The molecule has 184 valence electrons. The summed E-state index contributed by atoms with van der Waals surface area (Å²) in [6.45, 7) is 5.83. The molecule has 1 heterocycles. The summed E-state index contributed by atoms with van der Waals surface area (Å²) in [6, 6.07) is 6.65. The molecule has 0 aliphatic carbocycles. The molecule has 0 spiro atoms. The van der Waals surface area contributed by atoms with Gasteiger partial charge in [-0.15, -0.1) is 0 Å². The van der Waals surface area contributed by atoms with Crippen LogP contribution in [0.15, 0.2) is 24.3 Å². The summed E-state index contributed by atoms with van der Waals surface area (Å²) in [7, 11) is -0.986. The first-order chi connectivity index (χ1) is 15.3. The minimum atomic E-state index is -3.15. The van der Waals surface area contributed by atoms with Crippen molar-refractivity contribution >= 4 is 10.0 Å². The number of sulfonamides is 1. The Balaban J connectivity index is 1.56. The van der Waals surface area contributed by atoms with Gasteiger partial charge in [0, 0.05) is 5.56 Å². The Labute approximate surface area is 196 Å². The number of nitrogens with zero attached hydrogens (tertiary/aromatic N) is 2. The van der Waals surface area contributed by atoms with Crippen LogP contribution in [0.2, 0.25) is 0 Å². The highest BCUT2D eigenvalue weighted by Gasteiger charge is 2.34. The molecule has 0 aromatic heterocycles. The van der Waals surface area contributed by atoms with E-state index in [4.69, 9.17) is 0 Å². The number of hydrogen-bond acceptors (Lipinski definition) is 2. The van der Waals surface area contributed by atoms with Gasteiger partial charge in [-0.25, -0.2) is 12.8 Å². The molecule has 1 aromatic rings. The highest BCUT2D eigenvalue weighted by molar-refractivity contribution is 7.89. The lowest BCUT2D eigenvalue weighted by atomic mass is 10.1. The lowest BCUT2D eigenvalue weighted by Crippen LogP contribution is -2.57. The fourth-order valence-electron chi connectivity index (χ4n) is 4.65. The van der Waals surface area contributed by atoms with Crippen molar-refractivity contribution in [1.29, 1.82) is 0 Å². The van der Waals surface area contributed by atoms with E-state index in [9.17, 15) is 12.8 Å². The maximum absolute atomic E-state index is 13.1. The van der Waals surface area contributed by atoms with E-state index in [0.717, 1.165) is 48.9 Å². The van der Waals surface area contributed by atoms with Crippen LogP contribution < -0.4 is 0 Å². The molecule has 1 fully saturated rings. The standard InChI is InChI=1S/C26H46FN2O2S/c1-3-4-5-6-7-8-9-10-11-12-13-14-23-32(30,31)28-19-21-29(2,22-20-28)24-25-15-17-26(27)18-16-25/h15-18H,3-14,19-24H2,1-2H3/q+1. The van der Waals surface area contributed by atoms with Crippen molar-refractivity contribution in [2.75, 3.05) is 39.0 Å². The van der Waals surface area contributed by atoms with Crippen LogP contribution in [-0.4, -0.2) is 56.2 Å². The highest BCUT2D eigenvalue weighted by atomic mass is 32.2. The van der Waals surface area contributed by atoms with Gasteiger partial charge in [0.15, 0.2) is 0 Å². The first kappa shape index (κ1) is 27.3. The van der Waals surface area contributed by atoms with E-state index in [1.165, 1.54) is 69.9 Å². The topological polar surface area (TPSA) is 37.4 Å².